The van der Waals surface area contributed by atoms with Gasteiger partial charge in [-0.2, -0.15) is 0 Å². The van der Waals surface area contributed by atoms with Crippen molar-refractivity contribution < 1.29 is 29.3 Å². The van der Waals surface area contributed by atoms with E-state index >= 15 is 0 Å². The second-order valence-corrected chi connectivity index (χ2v) is 6.48. The number of carbonyl (C=O) groups excluding carboxylic acids is 2. The Kier molecular flexibility index (Phi) is 2.63. The van der Waals surface area contributed by atoms with Gasteiger partial charge >= 0.3 is 11.9 Å². The quantitative estimate of drug-likeness (QED) is 0.685. The molecular formula is C14H18O6. The number of carbonyl (C=O) groups is 2. The molecule has 2 saturated carbocycles. The maximum absolute atomic E-state index is 11.6. The topological polar surface area (TPSA) is 93.1 Å². The number of hydrogen-bond acceptors (Lipinski definition) is 6. The average Bonchev–Trinajstić information content (AvgIpc) is 2.66. The second-order valence-electron chi connectivity index (χ2n) is 6.48. The molecule has 0 radical (unpaired) electrons. The second kappa shape index (κ2) is 4.18. The van der Waals surface area contributed by atoms with Crippen LogP contribution in [-0.4, -0.2) is 46.6 Å². The van der Waals surface area contributed by atoms with Gasteiger partial charge in [0.25, 0.3) is 0 Å². The summed E-state index contributed by atoms with van der Waals surface area (Å²) in [6.45, 7) is 0. The average molecular weight is 282 g/mol. The van der Waals surface area contributed by atoms with Crippen molar-refractivity contribution in [2.75, 3.05) is 0 Å². The third-order valence-corrected chi connectivity index (χ3v) is 5.63. The zero-order valence-corrected chi connectivity index (χ0v) is 11.0. The van der Waals surface area contributed by atoms with Crippen molar-refractivity contribution >= 4 is 11.9 Å². The van der Waals surface area contributed by atoms with Gasteiger partial charge in [-0.15, -0.1) is 0 Å². The largest absolute Gasteiger partial charge is 0.459 e. The Morgan fingerprint density at radius 1 is 0.800 bits per heavy atom. The number of hydrogen-bond donors (Lipinski definition) is 2. The Balaban J connectivity index is 1.47. The molecule has 0 amide bonds. The molecule has 2 saturated heterocycles. The number of aliphatic hydroxyl groups is 2. The molecule has 4 aliphatic rings. The van der Waals surface area contributed by atoms with Gasteiger partial charge in [-0.05, 0) is 25.7 Å². The van der Waals surface area contributed by atoms with Crippen molar-refractivity contribution in [1.29, 1.82) is 0 Å². The summed E-state index contributed by atoms with van der Waals surface area (Å²) in [6.07, 6.45) is -0.401. The van der Waals surface area contributed by atoms with Crippen LogP contribution < -0.4 is 0 Å². The highest BCUT2D eigenvalue weighted by atomic mass is 16.6. The Hall–Kier alpha value is -1.14. The van der Waals surface area contributed by atoms with Crippen LogP contribution >= 0.6 is 0 Å². The number of esters is 2. The van der Waals surface area contributed by atoms with Crippen LogP contribution in [0.25, 0.3) is 0 Å². The van der Waals surface area contributed by atoms with Crippen LogP contribution in [0.5, 0.6) is 0 Å². The van der Waals surface area contributed by atoms with Crippen LogP contribution in [0.4, 0.5) is 0 Å². The van der Waals surface area contributed by atoms with Crippen molar-refractivity contribution in [2.24, 2.45) is 23.7 Å². The summed E-state index contributed by atoms with van der Waals surface area (Å²) in [4.78, 5) is 23.1. The Bertz CT molecular complexity index is 421. The molecule has 2 heterocycles. The summed E-state index contributed by atoms with van der Waals surface area (Å²) in [5.74, 6) is -0.790. The lowest BCUT2D eigenvalue weighted by Gasteiger charge is -2.36. The summed E-state index contributed by atoms with van der Waals surface area (Å²) in [5.41, 5.74) is 0. The minimum Gasteiger partial charge on any atom is -0.459 e. The molecule has 0 bridgehead atoms. The fourth-order valence-electron chi connectivity index (χ4n) is 4.08. The van der Waals surface area contributed by atoms with E-state index in [1.54, 1.807) is 0 Å². The number of fused-ring (bicyclic) bond motifs is 2. The molecule has 2 aliphatic heterocycles. The van der Waals surface area contributed by atoms with Crippen molar-refractivity contribution in [3.05, 3.63) is 0 Å². The van der Waals surface area contributed by atoms with Gasteiger partial charge < -0.3 is 19.7 Å². The summed E-state index contributed by atoms with van der Waals surface area (Å²) in [7, 11) is 0. The molecule has 0 unspecified atom stereocenters. The molecule has 0 aromatic heterocycles. The van der Waals surface area contributed by atoms with E-state index in [1.807, 2.05) is 0 Å². The smallest absolute Gasteiger partial charge is 0.309 e. The van der Waals surface area contributed by atoms with Crippen molar-refractivity contribution in [2.45, 2.75) is 50.1 Å². The predicted molar refractivity (Wildman–Crippen MR) is 64.2 cm³/mol. The Labute approximate surface area is 116 Å². The maximum atomic E-state index is 11.6. The summed E-state index contributed by atoms with van der Waals surface area (Å²) < 4.78 is 10.4. The number of rotatable bonds is 3. The normalized spacial score (nSPS) is 48.3. The van der Waals surface area contributed by atoms with Gasteiger partial charge in [0.1, 0.15) is 24.4 Å². The lowest BCUT2D eigenvalue weighted by atomic mass is 9.68. The van der Waals surface area contributed by atoms with Crippen molar-refractivity contribution in [1.82, 2.24) is 0 Å². The van der Waals surface area contributed by atoms with Gasteiger partial charge in [-0.1, -0.05) is 0 Å². The zero-order valence-electron chi connectivity index (χ0n) is 11.0. The highest BCUT2D eigenvalue weighted by Crippen LogP contribution is 2.48. The molecule has 4 fully saturated rings. The first-order valence-electron chi connectivity index (χ1n) is 7.35. The highest BCUT2D eigenvalue weighted by Gasteiger charge is 2.58. The molecule has 2 aliphatic carbocycles. The first-order valence-corrected chi connectivity index (χ1v) is 7.35. The molecule has 2 N–H and O–H groups in total. The van der Waals surface area contributed by atoms with E-state index in [0.717, 1.165) is 25.7 Å². The first-order chi connectivity index (χ1) is 9.58. The lowest BCUT2D eigenvalue weighted by Crippen LogP contribution is -2.50. The van der Waals surface area contributed by atoms with Crippen LogP contribution in [-0.2, 0) is 19.1 Å². The van der Waals surface area contributed by atoms with Crippen LogP contribution in [0, 0.1) is 23.7 Å². The molecule has 110 valence electrons. The van der Waals surface area contributed by atoms with E-state index in [0.29, 0.717) is 0 Å². The summed E-state index contributed by atoms with van der Waals surface area (Å²) in [6, 6.07) is 0. The summed E-state index contributed by atoms with van der Waals surface area (Å²) >= 11 is 0. The van der Waals surface area contributed by atoms with E-state index in [1.165, 1.54) is 0 Å². The minimum atomic E-state index is -1.17. The number of aliphatic hydroxyl groups excluding tert-OH is 2. The van der Waals surface area contributed by atoms with Gasteiger partial charge in [-0.25, -0.2) is 0 Å². The third-order valence-electron chi connectivity index (χ3n) is 5.63. The monoisotopic (exact) mass is 282 g/mol. The fourth-order valence-corrected chi connectivity index (χ4v) is 4.08. The third kappa shape index (κ3) is 1.52. The molecule has 0 aromatic rings. The van der Waals surface area contributed by atoms with Crippen LogP contribution in [0.2, 0.25) is 0 Å². The van der Waals surface area contributed by atoms with Gasteiger partial charge in [0.2, 0.25) is 0 Å². The predicted octanol–water partition coefficient (Wildman–Crippen LogP) is -0.389. The fraction of sp³-hybridized carbons (Fsp3) is 0.857. The molecular weight excluding hydrogens is 264 g/mol. The maximum Gasteiger partial charge on any atom is 0.309 e. The van der Waals surface area contributed by atoms with Gasteiger partial charge in [0, 0.05) is 11.8 Å². The van der Waals surface area contributed by atoms with E-state index in [-0.39, 0.29) is 35.6 Å². The zero-order chi connectivity index (χ0) is 14.0. The highest BCUT2D eigenvalue weighted by molar-refractivity contribution is 5.77. The molecule has 0 aromatic carbocycles. The number of ether oxygens (including phenoxy) is 2. The van der Waals surface area contributed by atoms with Gasteiger partial charge in [0.15, 0.2) is 0 Å². The van der Waals surface area contributed by atoms with E-state index in [4.69, 9.17) is 9.47 Å². The van der Waals surface area contributed by atoms with Crippen LogP contribution in [0.3, 0.4) is 0 Å². The van der Waals surface area contributed by atoms with E-state index in [2.05, 4.69) is 0 Å². The molecule has 20 heavy (non-hydrogen) atoms. The van der Waals surface area contributed by atoms with Crippen LogP contribution in [0.15, 0.2) is 0 Å². The lowest BCUT2D eigenvalue weighted by molar-refractivity contribution is -0.163. The molecule has 0 spiro atoms. The van der Waals surface area contributed by atoms with E-state index < -0.39 is 24.4 Å². The van der Waals surface area contributed by atoms with Gasteiger partial charge in [-0.3, -0.25) is 9.59 Å². The molecule has 6 nitrogen and oxygen atoms in total. The summed E-state index contributed by atoms with van der Waals surface area (Å²) in [5, 5.41) is 20.6. The van der Waals surface area contributed by atoms with Crippen molar-refractivity contribution in [3.63, 3.8) is 0 Å². The standard InChI is InChI=1S/C14H18O6/c15-9(11-5-1-3-7(5)13(17)19-11)10(16)12-6-2-4-8(6)14(18)20-12/h5-12,15-16H,1-4H2/t5-,6-,7+,8+,9-,10-,11-,12-/m0/s1. The SMILES string of the molecule is O=C1O[C@H]([C@@H](O)[C@H](O)[C@H]2OC(=O)[C@@H]3CC[C@H]23)[C@H]2CC[C@@H]12. The van der Waals surface area contributed by atoms with E-state index in [9.17, 15) is 19.8 Å². The van der Waals surface area contributed by atoms with Gasteiger partial charge in [0.05, 0.1) is 11.8 Å². The Morgan fingerprint density at radius 3 is 1.45 bits per heavy atom. The number of cyclic esters (lactones) is 2. The molecule has 8 atom stereocenters. The minimum absolute atomic E-state index is 0.00134. The van der Waals surface area contributed by atoms with Crippen molar-refractivity contribution in [3.8, 4) is 0 Å². The first kappa shape index (κ1) is 12.6. The molecule has 6 heteroatoms. The Morgan fingerprint density at radius 2 is 1.20 bits per heavy atom. The molecule has 4 rings (SSSR count). The van der Waals surface area contributed by atoms with Crippen LogP contribution in [0.1, 0.15) is 25.7 Å².